The van der Waals surface area contributed by atoms with Gasteiger partial charge in [0.1, 0.15) is 0 Å². The van der Waals surface area contributed by atoms with Crippen LogP contribution < -0.4 is 5.32 Å². The lowest BCUT2D eigenvalue weighted by molar-refractivity contribution is -0.127. The highest BCUT2D eigenvalue weighted by Crippen LogP contribution is 2.30. The summed E-state index contributed by atoms with van der Waals surface area (Å²) in [5.74, 6) is 2.90. The Morgan fingerprint density at radius 2 is 1.34 bits per heavy atom. The van der Waals surface area contributed by atoms with Crippen LogP contribution in [0.5, 0.6) is 0 Å². The van der Waals surface area contributed by atoms with Crippen molar-refractivity contribution in [3.8, 4) is 0 Å². The third kappa shape index (κ3) is 19.3. The fourth-order valence-electron chi connectivity index (χ4n) is 3.16. The van der Waals surface area contributed by atoms with Crippen molar-refractivity contribution in [3.63, 3.8) is 0 Å². The Kier molecular flexibility index (Phi) is 33.0. The first-order chi connectivity index (χ1) is 15.3. The lowest BCUT2D eigenvalue weighted by Crippen LogP contribution is -2.53. The molecule has 4 heteroatoms. The molecule has 0 saturated heterocycles. The number of thioether (sulfide) groups is 1. The van der Waals surface area contributed by atoms with Crippen molar-refractivity contribution in [3.05, 3.63) is 0 Å². The normalized spacial score (nSPS) is 10.8. The Hall–Kier alpha value is -0.220. The summed E-state index contributed by atoms with van der Waals surface area (Å²) in [7, 11) is 0. The van der Waals surface area contributed by atoms with Gasteiger partial charge >= 0.3 is 0 Å². The molecule has 0 rings (SSSR count). The SMILES string of the molecule is CC.CC.CC.CCCSCCC(=O)NC(CC)(CC)COC(CC)(CC)CCC(C)C. The first-order valence-corrected chi connectivity index (χ1v) is 15.0. The maximum Gasteiger partial charge on any atom is 0.221 e. The molecule has 0 unspecified atom stereocenters. The zero-order valence-electron chi connectivity index (χ0n) is 24.6. The van der Waals surface area contributed by atoms with Gasteiger partial charge in [-0.2, -0.15) is 11.8 Å². The third-order valence-corrected chi connectivity index (χ3v) is 6.89. The Labute approximate surface area is 209 Å². The summed E-state index contributed by atoms with van der Waals surface area (Å²) in [6.07, 6.45) is 7.93. The van der Waals surface area contributed by atoms with Crippen LogP contribution in [0.15, 0.2) is 0 Å². The van der Waals surface area contributed by atoms with Crippen molar-refractivity contribution in [1.29, 1.82) is 0 Å². The number of ether oxygens (including phenoxy) is 1. The molecule has 0 bridgehead atoms. The van der Waals surface area contributed by atoms with Gasteiger partial charge in [0, 0.05) is 12.2 Å². The van der Waals surface area contributed by atoms with E-state index in [1.54, 1.807) is 0 Å². The number of amides is 1. The number of hydrogen-bond acceptors (Lipinski definition) is 3. The highest BCUT2D eigenvalue weighted by Gasteiger charge is 2.34. The van der Waals surface area contributed by atoms with Gasteiger partial charge in [-0.15, -0.1) is 0 Å². The molecule has 0 fully saturated rings. The van der Waals surface area contributed by atoms with E-state index < -0.39 is 0 Å². The molecule has 0 heterocycles. The van der Waals surface area contributed by atoms with Gasteiger partial charge in [0.15, 0.2) is 0 Å². The zero-order chi connectivity index (χ0) is 26.1. The van der Waals surface area contributed by atoms with E-state index in [9.17, 15) is 4.79 Å². The van der Waals surface area contributed by atoms with E-state index in [4.69, 9.17) is 4.74 Å². The largest absolute Gasteiger partial charge is 0.373 e. The van der Waals surface area contributed by atoms with Crippen molar-refractivity contribution in [2.75, 3.05) is 18.1 Å². The zero-order valence-corrected chi connectivity index (χ0v) is 25.4. The topological polar surface area (TPSA) is 38.3 Å². The molecule has 1 N–H and O–H groups in total. The Morgan fingerprint density at radius 1 is 0.844 bits per heavy atom. The van der Waals surface area contributed by atoms with Gasteiger partial charge in [0.2, 0.25) is 5.91 Å². The molecule has 0 aliphatic heterocycles. The maximum absolute atomic E-state index is 12.4. The summed E-state index contributed by atoms with van der Waals surface area (Å²) in [6, 6.07) is 0. The van der Waals surface area contributed by atoms with E-state index in [2.05, 4.69) is 53.8 Å². The van der Waals surface area contributed by atoms with Crippen LogP contribution in [0.25, 0.3) is 0 Å². The Morgan fingerprint density at radius 3 is 1.72 bits per heavy atom. The van der Waals surface area contributed by atoms with E-state index in [0.717, 1.165) is 43.6 Å². The number of nitrogens with one attached hydrogen (secondary N) is 1. The summed E-state index contributed by atoms with van der Waals surface area (Å²) < 4.78 is 6.55. The summed E-state index contributed by atoms with van der Waals surface area (Å²) in [5.41, 5.74) is -0.290. The smallest absolute Gasteiger partial charge is 0.221 e. The number of hydrogen-bond donors (Lipinski definition) is 1. The monoisotopic (exact) mass is 477 g/mol. The van der Waals surface area contributed by atoms with E-state index in [1.165, 1.54) is 12.8 Å². The van der Waals surface area contributed by atoms with Gasteiger partial charge in [-0.05, 0) is 56.6 Å². The molecule has 0 aromatic heterocycles. The van der Waals surface area contributed by atoms with Crippen LogP contribution in [-0.2, 0) is 9.53 Å². The predicted molar refractivity (Wildman–Crippen MR) is 151 cm³/mol. The number of carbonyl (C=O) groups excluding carboxylic acids is 1. The van der Waals surface area contributed by atoms with Crippen LogP contribution in [0.1, 0.15) is 141 Å². The average Bonchev–Trinajstić information content (AvgIpc) is 2.85. The minimum absolute atomic E-state index is 0.0540. The van der Waals surface area contributed by atoms with Gasteiger partial charge in [-0.3, -0.25) is 4.79 Å². The Balaban J connectivity index is -0.000000597. The fourth-order valence-corrected chi connectivity index (χ4v) is 3.98. The molecule has 0 radical (unpaired) electrons. The van der Waals surface area contributed by atoms with E-state index in [0.29, 0.717) is 18.9 Å². The molecule has 0 atom stereocenters. The third-order valence-electron chi connectivity index (χ3n) is 5.70. The van der Waals surface area contributed by atoms with Crippen molar-refractivity contribution >= 4 is 17.7 Å². The standard InChI is InChI=1S/C22H45NO2S.3C2H6/c1-8-16-26-17-14-20(24)23-21(9-2,10-3)18-25-22(11-4,12-5)15-13-19(6)7;3*1-2/h19H,8-18H2,1-7H3,(H,23,24);3*1-2H3. The second-order valence-electron chi connectivity index (χ2n) is 8.01. The molecular weight excluding hydrogens is 414 g/mol. The molecule has 0 aromatic rings. The molecular formula is C28H63NO2S. The van der Waals surface area contributed by atoms with Gasteiger partial charge < -0.3 is 10.1 Å². The highest BCUT2D eigenvalue weighted by atomic mass is 32.2. The van der Waals surface area contributed by atoms with E-state index in [1.807, 2.05) is 53.3 Å². The summed E-state index contributed by atoms with van der Waals surface area (Å²) in [6.45, 7) is 28.1. The van der Waals surface area contributed by atoms with Gasteiger partial charge in [-0.1, -0.05) is 90.0 Å². The first kappa shape index (κ1) is 39.0. The van der Waals surface area contributed by atoms with E-state index >= 15 is 0 Å². The molecule has 0 spiro atoms. The van der Waals surface area contributed by atoms with Crippen LogP contribution >= 0.6 is 11.8 Å². The molecule has 198 valence electrons. The van der Waals surface area contributed by atoms with Crippen LogP contribution in [0.4, 0.5) is 0 Å². The van der Waals surface area contributed by atoms with Crippen LogP contribution in [0.2, 0.25) is 0 Å². The number of rotatable bonds is 16. The molecule has 0 aliphatic carbocycles. The predicted octanol–water partition coefficient (Wildman–Crippen LogP) is 9.28. The van der Waals surface area contributed by atoms with E-state index in [-0.39, 0.29) is 17.0 Å². The second-order valence-corrected chi connectivity index (χ2v) is 9.23. The summed E-state index contributed by atoms with van der Waals surface area (Å²) in [4.78, 5) is 12.4. The first-order valence-electron chi connectivity index (χ1n) is 13.8. The minimum atomic E-state index is -0.236. The molecule has 1 amide bonds. The van der Waals surface area contributed by atoms with Crippen LogP contribution in [-0.4, -0.2) is 35.2 Å². The van der Waals surface area contributed by atoms with Crippen molar-refractivity contribution < 1.29 is 9.53 Å². The molecule has 3 nitrogen and oxygen atoms in total. The molecule has 32 heavy (non-hydrogen) atoms. The number of carbonyl (C=O) groups is 1. The average molecular weight is 478 g/mol. The fraction of sp³-hybridized carbons (Fsp3) is 0.964. The van der Waals surface area contributed by atoms with Crippen LogP contribution in [0, 0.1) is 5.92 Å². The quantitative estimate of drug-likeness (QED) is 0.225. The lowest BCUT2D eigenvalue weighted by Gasteiger charge is -2.39. The van der Waals surface area contributed by atoms with Crippen LogP contribution in [0.3, 0.4) is 0 Å². The van der Waals surface area contributed by atoms with Gasteiger partial charge in [0.25, 0.3) is 0 Å². The molecule has 0 saturated carbocycles. The lowest BCUT2D eigenvalue weighted by atomic mass is 9.87. The minimum Gasteiger partial charge on any atom is -0.373 e. The summed E-state index contributed by atoms with van der Waals surface area (Å²) in [5, 5.41) is 3.32. The van der Waals surface area contributed by atoms with Crippen molar-refractivity contribution in [1.82, 2.24) is 5.32 Å². The Bertz CT molecular complexity index is 364. The van der Waals surface area contributed by atoms with Crippen molar-refractivity contribution in [2.24, 2.45) is 5.92 Å². The highest BCUT2D eigenvalue weighted by molar-refractivity contribution is 7.99. The van der Waals surface area contributed by atoms with Gasteiger partial charge in [-0.25, -0.2) is 0 Å². The van der Waals surface area contributed by atoms with Crippen molar-refractivity contribution in [2.45, 2.75) is 153 Å². The molecule has 0 aliphatic rings. The summed E-state index contributed by atoms with van der Waals surface area (Å²) >= 11 is 1.86. The van der Waals surface area contributed by atoms with Gasteiger partial charge in [0.05, 0.1) is 17.7 Å². The molecule has 0 aromatic carbocycles. The maximum atomic E-state index is 12.4. The second kappa shape index (κ2) is 27.0.